The summed E-state index contributed by atoms with van der Waals surface area (Å²) in [5.41, 5.74) is 1.73. The van der Waals surface area contributed by atoms with Crippen LogP contribution in [0.5, 0.6) is 5.75 Å². The molecule has 0 aromatic heterocycles. The van der Waals surface area contributed by atoms with Gasteiger partial charge in [0.25, 0.3) is 5.91 Å². The monoisotopic (exact) mass is 315 g/mol. The Morgan fingerprint density at radius 1 is 1.09 bits per heavy atom. The molecule has 0 radical (unpaired) electrons. The van der Waals surface area contributed by atoms with Gasteiger partial charge in [-0.3, -0.25) is 4.79 Å². The Hall–Kier alpha value is -1.94. The molecule has 2 aromatic rings. The Morgan fingerprint density at radius 2 is 1.77 bits per heavy atom. The van der Waals surface area contributed by atoms with E-state index in [1.54, 1.807) is 23.9 Å². The second-order valence-corrected chi connectivity index (χ2v) is 5.78. The van der Waals surface area contributed by atoms with Crippen LogP contribution < -0.4 is 10.1 Å². The van der Waals surface area contributed by atoms with Crippen LogP contribution >= 0.6 is 11.8 Å². The van der Waals surface area contributed by atoms with Crippen LogP contribution in [-0.2, 0) is 6.54 Å². The van der Waals surface area contributed by atoms with Crippen molar-refractivity contribution in [2.45, 2.75) is 24.8 Å². The number of hydrogen-bond donors (Lipinski definition) is 1. The van der Waals surface area contributed by atoms with Gasteiger partial charge in [0, 0.05) is 17.0 Å². The number of amides is 1. The van der Waals surface area contributed by atoms with Crippen molar-refractivity contribution in [3.05, 3.63) is 59.7 Å². The highest BCUT2D eigenvalue weighted by Crippen LogP contribution is 2.15. The normalized spacial score (nSPS) is 10.3. The topological polar surface area (TPSA) is 38.3 Å². The summed E-state index contributed by atoms with van der Waals surface area (Å²) in [5, 5.41) is 2.93. The zero-order valence-corrected chi connectivity index (χ0v) is 13.8. The molecule has 0 heterocycles. The molecule has 4 heteroatoms. The van der Waals surface area contributed by atoms with E-state index < -0.39 is 0 Å². The molecule has 2 aromatic carbocycles. The molecule has 3 nitrogen and oxygen atoms in total. The number of carbonyl (C=O) groups is 1. The number of benzene rings is 2. The van der Waals surface area contributed by atoms with Gasteiger partial charge in [-0.05, 0) is 54.6 Å². The first-order valence-electron chi connectivity index (χ1n) is 7.37. The minimum absolute atomic E-state index is 0.0732. The van der Waals surface area contributed by atoms with Gasteiger partial charge in [-0.2, -0.15) is 0 Å². The molecule has 0 aliphatic rings. The zero-order chi connectivity index (χ0) is 15.8. The highest BCUT2D eigenvalue weighted by molar-refractivity contribution is 7.98. The summed E-state index contributed by atoms with van der Waals surface area (Å²) < 4.78 is 5.51. The van der Waals surface area contributed by atoms with E-state index in [1.807, 2.05) is 30.5 Å². The average Bonchev–Trinajstić information content (AvgIpc) is 2.58. The van der Waals surface area contributed by atoms with Crippen LogP contribution in [0.15, 0.2) is 53.4 Å². The van der Waals surface area contributed by atoms with Crippen molar-refractivity contribution < 1.29 is 9.53 Å². The minimum Gasteiger partial charge on any atom is -0.494 e. The fourth-order valence-electron chi connectivity index (χ4n) is 1.95. The van der Waals surface area contributed by atoms with Crippen LogP contribution in [-0.4, -0.2) is 18.8 Å². The van der Waals surface area contributed by atoms with Crippen LogP contribution in [0.1, 0.15) is 29.3 Å². The third-order valence-electron chi connectivity index (χ3n) is 3.20. The molecule has 0 unspecified atom stereocenters. The predicted molar refractivity (Wildman–Crippen MR) is 91.6 cm³/mol. The lowest BCUT2D eigenvalue weighted by molar-refractivity contribution is 0.0951. The fraction of sp³-hybridized carbons (Fsp3) is 0.278. The maximum Gasteiger partial charge on any atom is 0.251 e. The summed E-state index contributed by atoms with van der Waals surface area (Å²) in [4.78, 5) is 13.3. The lowest BCUT2D eigenvalue weighted by Gasteiger charge is -2.08. The molecule has 0 bridgehead atoms. The van der Waals surface area contributed by atoms with E-state index in [1.165, 1.54) is 4.90 Å². The quantitative estimate of drug-likeness (QED) is 0.781. The second-order valence-electron chi connectivity index (χ2n) is 4.90. The third kappa shape index (κ3) is 4.81. The molecule has 0 saturated heterocycles. The van der Waals surface area contributed by atoms with E-state index in [-0.39, 0.29) is 5.91 Å². The predicted octanol–water partition coefficient (Wildman–Crippen LogP) is 4.13. The lowest BCUT2D eigenvalue weighted by atomic mass is 10.2. The molecule has 0 aliphatic carbocycles. The van der Waals surface area contributed by atoms with Crippen LogP contribution in [0.4, 0.5) is 0 Å². The minimum atomic E-state index is -0.0732. The van der Waals surface area contributed by atoms with Gasteiger partial charge in [0.05, 0.1) is 6.61 Å². The molecule has 1 amide bonds. The molecule has 0 saturated carbocycles. The Balaban J connectivity index is 1.88. The molecule has 0 fully saturated rings. The van der Waals surface area contributed by atoms with Crippen LogP contribution in [0.2, 0.25) is 0 Å². The lowest BCUT2D eigenvalue weighted by Crippen LogP contribution is -2.22. The number of nitrogens with one attached hydrogen (secondary N) is 1. The van der Waals surface area contributed by atoms with Gasteiger partial charge in [-0.15, -0.1) is 11.8 Å². The smallest absolute Gasteiger partial charge is 0.251 e. The largest absolute Gasteiger partial charge is 0.494 e. The van der Waals surface area contributed by atoms with E-state index >= 15 is 0 Å². The molecule has 22 heavy (non-hydrogen) atoms. The summed E-state index contributed by atoms with van der Waals surface area (Å²) in [6, 6.07) is 15.4. The third-order valence-corrected chi connectivity index (χ3v) is 3.95. The van der Waals surface area contributed by atoms with Gasteiger partial charge in [0.15, 0.2) is 0 Å². The zero-order valence-electron chi connectivity index (χ0n) is 13.0. The molecule has 0 atom stereocenters. The maximum atomic E-state index is 12.1. The summed E-state index contributed by atoms with van der Waals surface area (Å²) in [5.74, 6) is 0.724. The van der Waals surface area contributed by atoms with E-state index in [2.05, 4.69) is 24.4 Å². The Morgan fingerprint density at radius 3 is 2.36 bits per heavy atom. The highest BCUT2D eigenvalue weighted by Gasteiger charge is 2.05. The van der Waals surface area contributed by atoms with Crippen molar-refractivity contribution in [1.29, 1.82) is 0 Å². The number of ether oxygens (including phenoxy) is 1. The van der Waals surface area contributed by atoms with Gasteiger partial charge >= 0.3 is 0 Å². The van der Waals surface area contributed by atoms with Gasteiger partial charge in [0.1, 0.15) is 5.75 Å². The van der Waals surface area contributed by atoms with Crippen molar-refractivity contribution in [1.82, 2.24) is 5.32 Å². The molecular weight excluding hydrogens is 294 g/mol. The van der Waals surface area contributed by atoms with Crippen LogP contribution in [0, 0.1) is 0 Å². The first-order chi connectivity index (χ1) is 10.7. The van der Waals surface area contributed by atoms with Crippen molar-refractivity contribution in [2.24, 2.45) is 0 Å². The molecule has 2 rings (SSSR count). The number of thioether (sulfide) groups is 1. The second kappa shape index (κ2) is 8.49. The summed E-state index contributed by atoms with van der Waals surface area (Å²) in [6.45, 7) is 3.28. The van der Waals surface area contributed by atoms with Crippen molar-refractivity contribution in [2.75, 3.05) is 12.9 Å². The number of carbonyl (C=O) groups excluding carboxylic acids is 1. The van der Waals surface area contributed by atoms with E-state index in [9.17, 15) is 4.79 Å². The number of hydrogen-bond acceptors (Lipinski definition) is 3. The standard InChI is InChI=1S/C18H21NO2S/c1-3-12-21-16-8-6-15(7-9-16)18(20)19-13-14-4-10-17(22-2)11-5-14/h4-11H,3,12-13H2,1-2H3,(H,19,20). The van der Waals surface area contributed by atoms with Gasteiger partial charge in [0.2, 0.25) is 0 Å². The molecule has 116 valence electrons. The summed E-state index contributed by atoms with van der Waals surface area (Å²) >= 11 is 1.71. The van der Waals surface area contributed by atoms with Crippen molar-refractivity contribution >= 4 is 17.7 Å². The molecular formula is C18H21NO2S. The summed E-state index contributed by atoms with van der Waals surface area (Å²) in [6.07, 6.45) is 3.02. The molecule has 0 aliphatic heterocycles. The van der Waals surface area contributed by atoms with Crippen molar-refractivity contribution in [3.8, 4) is 5.75 Å². The number of rotatable bonds is 7. The van der Waals surface area contributed by atoms with Crippen LogP contribution in [0.3, 0.4) is 0 Å². The van der Waals surface area contributed by atoms with Crippen molar-refractivity contribution in [3.63, 3.8) is 0 Å². The Labute approximate surface area is 136 Å². The average molecular weight is 315 g/mol. The molecule has 1 N–H and O–H groups in total. The van der Waals surface area contributed by atoms with Gasteiger partial charge < -0.3 is 10.1 Å². The highest BCUT2D eigenvalue weighted by atomic mass is 32.2. The Bertz CT molecular complexity index is 593. The maximum absolute atomic E-state index is 12.1. The SMILES string of the molecule is CCCOc1ccc(C(=O)NCc2ccc(SC)cc2)cc1. The first-order valence-corrected chi connectivity index (χ1v) is 8.59. The van der Waals surface area contributed by atoms with E-state index in [0.29, 0.717) is 18.7 Å². The van der Waals surface area contributed by atoms with E-state index in [0.717, 1.165) is 17.7 Å². The van der Waals surface area contributed by atoms with Gasteiger partial charge in [-0.1, -0.05) is 19.1 Å². The fourth-order valence-corrected chi connectivity index (χ4v) is 2.36. The first kappa shape index (κ1) is 16.4. The van der Waals surface area contributed by atoms with E-state index in [4.69, 9.17) is 4.74 Å². The molecule has 0 spiro atoms. The summed E-state index contributed by atoms with van der Waals surface area (Å²) in [7, 11) is 0. The van der Waals surface area contributed by atoms with Gasteiger partial charge in [-0.25, -0.2) is 0 Å². The van der Waals surface area contributed by atoms with Crippen LogP contribution in [0.25, 0.3) is 0 Å². The Kier molecular flexibility index (Phi) is 6.34.